The molecule has 0 saturated carbocycles. The molecule has 0 fully saturated rings. The summed E-state index contributed by atoms with van der Waals surface area (Å²) in [5.41, 5.74) is 0. The average Bonchev–Trinajstić information content (AvgIpc) is 2.19. The molecule has 4 heteroatoms. The SMILES string of the molecule is CC(C)C(=O)O.CCCCC(CC)C(=O)O. The second-order valence-corrected chi connectivity index (χ2v) is 4.08. The van der Waals surface area contributed by atoms with Crippen LogP contribution in [0.4, 0.5) is 0 Å². The van der Waals surface area contributed by atoms with E-state index in [4.69, 9.17) is 10.2 Å². The zero-order valence-electron chi connectivity index (χ0n) is 10.7. The summed E-state index contributed by atoms with van der Waals surface area (Å²) >= 11 is 0. The molecule has 4 nitrogen and oxygen atoms in total. The molecule has 0 amide bonds. The first-order chi connectivity index (χ1) is 7.36. The summed E-state index contributed by atoms with van der Waals surface area (Å²) in [4.78, 5) is 20.1. The van der Waals surface area contributed by atoms with Crippen LogP contribution in [0.1, 0.15) is 53.4 Å². The van der Waals surface area contributed by atoms with E-state index in [0.717, 1.165) is 25.7 Å². The smallest absolute Gasteiger partial charge is 0.306 e. The number of carboxylic acid groups (broad SMARTS) is 2. The predicted octanol–water partition coefficient (Wildman–Crippen LogP) is 3.01. The molecule has 0 aromatic heterocycles. The summed E-state index contributed by atoms with van der Waals surface area (Å²) in [6.45, 7) is 7.29. The number of unbranched alkanes of at least 4 members (excludes halogenated alkanes) is 1. The van der Waals surface area contributed by atoms with Crippen LogP contribution in [0.25, 0.3) is 0 Å². The van der Waals surface area contributed by atoms with Gasteiger partial charge in [0.2, 0.25) is 0 Å². The van der Waals surface area contributed by atoms with Crippen LogP contribution in [0.2, 0.25) is 0 Å². The lowest BCUT2D eigenvalue weighted by atomic mass is 10.00. The van der Waals surface area contributed by atoms with Gasteiger partial charge in [0.15, 0.2) is 0 Å². The van der Waals surface area contributed by atoms with Crippen molar-refractivity contribution in [2.24, 2.45) is 11.8 Å². The zero-order chi connectivity index (χ0) is 13.1. The van der Waals surface area contributed by atoms with Crippen LogP contribution >= 0.6 is 0 Å². The van der Waals surface area contributed by atoms with Crippen molar-refractivity contribution in [1.29, 1.82) is 0 Å². The lowest BCUT2D eigenvalue weighted by molar-refractivity contribution is -0.142. The van der Waals surface area contributed by atoms with Crippen molar-refractivity contribution in [3.05, 3.63) is 0 Å². The molecule has 0 aliphatic heterocycles. The van der Waals surface area contributed by atoms with Gasteiger partial charge in [-0.2, -0.15) is 0 Å². The van der Waals surface area contributed by atoms with E-state index in [-0.39, 0.29) is 11.8 Å². The number of hydrogen-bond acceptors (Lipinski definition) is 2. The fourth-order valence-corrected chi connectivity index (χ4v) is 0.953. The maximum absolute atomic E-state index is 10.4. The first-order valence-corrected chi connectivity index (χ1v) is 5.82. The van der Waals surface area contributed by atoms with Gasteiger partial charge in [0.05, 0.1) is 11.8 Å². The van der Waals surface area contributed by atoms with Crippen LogP contribution in [0.3, 0.4) is 0 Å². The maximum Gasteiger partial charge on any atom is 0.306 e. The molecule has 1 atom stereocenters. The molecule has 16 heavy (non-hydrogen) atoms. The molecule has 0 spiro atoms. The Kier molecular flexibility index (Phi) is 11.3. The highest BCUT2D eigenvalue weighted by Crippen LogP contribution is 2.11. The topological polar surface area (TPSA) is 74.6 Å². The highest BCUT2D eigenvalue weighted by molar-refractivity contribution is 5.69. The van der Waals surface area contributed by atoms with Crippen LogP contribution in [-0.4, -0.2) is 22.2 Å². The van der Waals surface area contributed by atoms with E-state index in [9.17, 15) is 9.59 Å². The maximum atomic E-state index is 10.4. The molecule has 1 unspecified atom stereocenters. The lowest BCUT2D eigenvalue weighted by Crippen LogP contribution is -2.11. The van der Waals surface area contributed by atoms with E-state index < -0.39 is 11.9 Å². The molecule has 0 saturated heterocycles. The Bertz CT molecular complexity index is 199. The highest BCUT2D eigenvalue weighted by atomic mass is 16.4. The summed E-state index contributed by atoms with van der Waals surface area (Å²) < 4.78 is 0. The molecule has 0 rings (SSSR count). The van der Waals surface area contributed by atoms with Crippen LogP contribution in [0, 0.1) is 11.8 Å². The van der Waals surface area contributed by atoms with E-state index in [2.05, 4.69) is 6.92 Å². The van der Waals surface area contributed by atoms with E-state index in [1.54, 1.807) is 13.8 Å². The predicted molar refractivity (Wildman–Crippen MR) is 63.4 cm³/mol. The van der Waals surface area contributed by atoms with E-state index in [0.29, 0.717) is 0 Å². The van der Waals surface area contributed by atoms with Crippen LogP contribution in [0.5, 0.6) is 0 Å². The van der Waals surface area contributed by atoms with Crippen molar-refractivity contribution in [1.82, 2.24) is 0 Å². The summed E-state index contributed by atoms with van der Waals surface area (Å²) in [5, 5.41) is 16.6. The second-order valence-electron chi connectivity index (χ2n) is 4.08. The quantitative estimate of drug-likeness (QED) is 0.738. The highest BCUT2D eigenvalue weighted by Gasteiger charge is 2.12. The zero-order valence-corrected chi connectivity index (χ0v) is 10.7. The molecule has 0 aliphatic carbocycles. The van der Waals surface area contributed by atoms with Crippen LogP contribution in [0.15, 0.2) is 0 Å². The van der Waals surface area contributed by atoms with Gasteiger partial charge >= 0.3 is 11.9 Å². The van der Waals surface area contributed by atoms with Gasteiger partial charge in [0.25, 0.3) is 0 Å². The number of carbonyl (C=O) groups is 2. The first kappa shape index (κ1) is 17.3. The summed E-state index contributed by atoms with van der Waals surface area (Å²) in [5.74, 6) is -1.73. The monoisotopic (exact) mass is 232 g/mol. The summed E-state index contributed by atoms with van der Waals surface area (Å²) in [6.07, 6.45) is 3.71. The number of hydrogen-bond donors (Lipinski definition) is 2. The minimum absolute atomic E-state index is 0.111. The molecular formula is C12H24O4. The van der Waals surface area contributed by atoms with E-state index in [1.807, 2.05) is 6.92 Å². The number of rotatable bonds is 6. The Morgan fingerprint density at radius 1 is 1.06 bits per heavy atom. The normalized spacial score (nSPS) is 11.6. The minimum Gasteiger partial charge on any atom is -0.481 e. The average molecular weight is 232 g/mol. The standard InChI is InChI=1S/C8H16O2.C4H8O2/c1-3-5-6-7(4-2)8(9)10;1-3(2)4(5)6/h7H,3-6H2,1-2H3,(H,9,10);3H,1-2H3,(H,5,6). The Morgan fingerprint density at radius 3 is 1.69 bits per heavy atom. The van der Waals surface area contributed by atoms with Gasteiger partial charge in [0, 0.05) is 0 Å². The van der Waals surface area contributed by atoms with Gasteiger partial charge in [-0.1, -0.05) is 40.5 Å². The number of carboxylic acids is 2. The molecule has 0 radical (unpaired) electrons. The van der Waals surface area contributed by atoms with Crippen molar-refractivity contribution in [2.75, 3.05) is 0 Å². The van der Waals surface area contributed by atoms with Gasteiger partial charge in [-0.3, -0.25) is 9.59 Å². The molecule has 0 aromatic rings. The van der Waals surface area contributed by atoms with Crippen LogP contribution < -0.4 is 0 Å². The lowest BCUT2D eigenvalue weighted by Gasteiger charge is -2.06. The largest absolute Gasteiger partial charge is 0.481 e. The van der Waals surface area contributed by atoms with Crippen molar-refractivity contribution < 1.29 is 19.8 Å². The second kappa shape index (κ2) is 10.5. The Labute approximate surface area is 97.7 Å². The van der Waals surface area contributed by atoms with E-state index >= 15 is 0 Å². The molecule has 0 aliphatic rings. The van der Waals surface area contributed by atoms with Crippen molar-refractivity contribution in [3.63, 3.8) is 0 Å². The Morgan fingerprint density at radius 2 is 1.50 bits per heavy atom. The third kappa shape index (κ3) is 11.0. The minimum atomic E-state index is -0.741. The molecule has 0 bridgehead atoms. The van der Waals surface area contributed by atoms with Gasteiger partial charge in [-0.15, -0.1) is 0 Å². The fourth-order valence-electron chi connectivity index (χ4n) is 0.953. The Balaban J connectivity index is 0. The van der Waals surface area contributed by atoms with Crippen molar-refractivity contribution >= 4 is 11.9 Å². The van der Waals surface area contributed by atoms with Crippen LogP contribution in [-0.2, 0) is 9.59 Å². The summed E-state index contributed by atoms with van der Waals surface area (Å²) in [7, 11) is 0. The molecule has 96 valence electrons. The van der Waals surface area contributed by atoms with Crippen molar-refractivity contribution in [3.8, 4) is 0 Å². The third-order valence-electron chi connectivity index (χ3n) is 2.24. The molecule has 0 aromatic carbocycles. The first-order valence-electron chi connectivity index (χ1n) is 5.82. The van der Waals surface area contributed by atoms with Crippen molar-refractivity contribution in [2.45, 2.75) is 53.4 Å². The van der Waals surface area contributed by atoms with Gasteiger partial charge < -0.3 is 10.2 Å². The molecule has 0 heterocycles. The fraction of sp³-hybridized carbons (Fsp3) is 0.833. The van der Waals surface area contributed by atoms with Gasteiger partial charge in [-0.25, -0.2) is 0 Å². The molecule has 2 N–H and O–H groups in total. The Hall–Kier alpha value is -1.06. The number of aliphatic carboxylic acids is 2. The van der Waals surface area contributed by atoms with Gasteiger partial charge in [0.1, 0.15) is 0 Å². The van der Waals surface area contributed by atoms with E-state index in [1.165, 1.54) is 0 Å². The third-order valence-corrected chi connectivity index (χ3v) is 2.24. The van der Waals surface area contributed by atoms with Gasteiger partial charge in [-0.05, 0) is 12.8 Å². The summed E-state index contributed by atoms with van der Waals surface area (Å²) in [6, 6.07) is 0. The molecular weight excluding hydrogens is 208 g/mol.